The van der Waals surface area contributed by atoms with Crippen LogP contribution in [0.15, 0.2) is 48.5 Å². The fourth-order valence-electron chi connectivity index (χ4n) is 1.59. The first-order valence-corrected chi connectivity index (χ1v) is 5.88. The van der Waals surface area contributed by atoms with E-state index in [2.05, 4.69) is 0 Å². The SMILES string of the molecule is CCOc1ccc(F)c(OCc2ccccc2)c1. The Bertz CT molecular complexity index is 497. The third-order valence-electron chi connectivity index (χ3n) is 2.45. The van der Waals surface area contributed by atoms with E-state index in [1.54, 1.807) is 12.1 Å². The van der Waals surface area contributed by atoms with Crippen LogP contribution in [0.2, 0.25) is 0 Å². The van der Waals surface area contributed by atoms with Crippen LogP contribution in [0.3, 0.4) is 0 Å². The van der Waals surface area contributed by atoms with Gasteiger partial charge in [-0.3, -0.25) is 0 Å². The van der Waals surface area contributed by atoms with E-state index in [4.69, 9.17) is 9.47 Å². The molecule has 0 aliphatic rings. The molecule has 2 aromatic carbocycles. The van der Waals surface area contributed by atoms with Gasteiger partial charge in [-0.2, -0.15) is 0 Å². The number of halogens is 1. The zero-order valence-corrected chi connectivity index (χ0v) is 10.2. The molecule has 0 aromatic heterocycles. The maximum absolute atomic E-state index is 13.5. The lowest BCUT2D eigenvalue weighted by molar-refractivity contribution is 0.284. The quantitative estimate of drug-likeness (QED) is 0.798. The molecule has 2 rings (SSSR count). The molecule has 0 saturated carbocycles. The highest BCUT2D eigenvalue weighted by Crippen LogP contribution is 2.24. The summed E-state index contributed by atoms with van der Waals surface area (Å²) in [6.45, 7) is 2.77. The van der Waals surface area contributed by atoms with Crippen molar-refractivity contribution in [2.75, 3.05) is 6.61 Å². The van der Waals surface area contributed by atoms with Crippen molar-refractivity contribution in [1.82, 2.24) is 0 Å². The molecule has 18 heavy (non-hydrogen) atoms. The minimum absolute atomic E-state index is 0.213. The van der Waals surface area contributed by atoms with Crippen LogP contribution in [0.5, 0.6) is 11.5 Å². The summed E-state index contributed by atoms with van der Waals surface area (Å²) in [5.74, 6) is 0.446. The Morgan fingerprint density at radius 1 is 1.00 bits per heavy atom. The largest absolute Gasteiger partial charge is 0.494 e. The van der Waals surface area contributed by atoms with Gasteiger partial charge in [0.25, 0.3) is 0 Å². The van der Waals surface area contributed by atoms with E-state index < -0.39 is 0 Å². The van der Waals surface area contributed by atoms with Gasteiger partial charge in [0.2, 0.25) is 0 Å². The van der Waals surface area contributed by atoms with Crippen molar-refractivity contribution < 1.29 is 13.9 Å². The molecular formula is C15H15FO2. The average molecular weight is 246 g/mol. The third-order valence-corrected chi connectivity index (χ3v) is 2.45. The predicted molar refractivity (Wildman–Crippen MR) is 68.3 cm³/mol. The van der Waals surface area contributed by atoms with Crippen molar-refractivity contribution >= 4 is 0 Å². The smallest absolute Gasteiger partial charge is 0.165 e. The molecule has 2 aromatic rings. The Labute approximate surface area is 106 Å². The maximum atomic E-state index is 13.5. The summed E-state index contributed by atoms with van der Waals surface area (Å²) in [4.78, 5) is 0. The fraction of sp³-hybridized carbons (Fsp3) is 0.200. The molecule has 0 unspecified atom stereocenters. The zero-order valence-electron chi connectivity index (χ0n) is 10.2. The lowest BCUT2D eigenvalue weighted by Gasteiger charge is -2.09. The molecule has 94 valence electrons. The first-order valence-electron chi connectivity index (χ1n) is 5.88. The van der Waals surface area contributed by atoms with E-state index in [9.17, 15) is 4.39 Å². The minimum atomic E-state index is -0.380. The molecule has 0 radical (unpaired) electrons. The topological polar surface area (TPSA) is 18.5 Å². The van der Waals surface area contributed by atoms with Crippen molar-refractivity contribution in [2.24, 2.45) is 0 Å². The molecule has 0 saturated heterocycles. The Morgan fingerprint density at radius 3 is 2.50 bits per heavy atom. The van der Waals surface area contributed by atoms with Gasteiger partial charge in [-0.15, -0.1) is 0 Å². The van der Waals surface area contributed by atoms with Crippen LogP contribution in [-0.4, -0.2) is 6.61 Å². The van der Waals surface area contributed by atoms with Gasteiger partial charge in [-0.05, 0) is 24.6 Å². The molecule has 0 aliphatic carbocycles. The van der Waals surface area contributed by atoms with E-state index in [-0.39, 0.29) is 11.6 Å². The van der Waals surface area contributed by atoms with Crippen molar-refractivity contribution in [3.63, 3.8) is 0 Å². The van der Waals surface area contributed by atoms with Gasteiger partial charge >= 0.3 is 0 Å². The summed E-state index contributed by atoms with van der Waals surface area (Å²) in [7, 11) is 0. The predicted octanol–water partition coefficient (Wildman–Crippen LogP) is 3.80. The summed E-state index contributed by atoms with van der Waals surface area (Å²) in [6, 6.07) is 14.2. The van der Waals surface area contributed by atoms with Gasteiger partial charge in [-0.1, -0.05) is 30.3 Å². The maximum Gasteiger partial charge on any atom is 0.165 e. The number of ether oxygens (including phenoxy) is 2. The van der Waals surface area contributed by atoms with Crippen molar-refractivity contribution in [3.8, 4) is 11.5 Å². The van der Waals surface area contributed by atoms with Crippen molar-refractivity contribution in [3.05, 3.63) is 59.9 Å². The summed E-state index contributed by atoms with van der Waals surface area (Å²) >= 11 is 0. The molecule has 0 aliphatic heterocycles. The molecule has 0 fully saturated rings. The lowest BCUT2D eigenvalue weighted by Crippen LogP contribution is -1.98. The fourth-order valence-corrected chi connectivity index (χ4v) is 1.59. The molecule has 3 heteroatoms. The van der Waals surface area contributed by atoms with Gasteiger partial charge in [0.15, 0.2) is 11.6 Å². The minimum Gasteiger partial charge on any atom is -0.494 e. The second kappa shape index (κ2) is 6.05. The molecule has 0 amide bonds. The second-order valence-electron chi connectivity index (χ2n) is 3.80. The van der Waals surface area contributed by atoms with Crippen molar-refractivity contribution in [2.45, 2.75) is 13.5 Å². The Balaban J connectivity index is 2.06. The summed E-state index contributed by atoms with van der Waals surface area (Å²) in [6.07, 6.45) is 0. The Hall–Kier alpha value is -2.03. The highest BCUT2D eigenvalue weighted by Gasteiger charge is 2.05. The van der Waals surface area contributed by atoms with Crippen LogP contribution < -0.4 is 9.47 Å². The molecular weight excluding hydrogens is 231 g/mol. The molecule has 2 nitrogen and oxygen atoms in total. The zero-order chi connectivity index (χ0) is 12.8. The number of benzene rings is 2. The van der Waals surface area contributed by atoms with Gasteiger partial charge < -0.3 is 9.47 Å². The Kier molecular flexibility index (Phi) is 4.18. The van der Waals surface area contributed by atoms with Gasteiger partial charge in [0.05, 0.1) is 6.61 Å². The highest BCUT2D eigenvalue weighted by atomic mass is 19.1. The molecule has 0 spiro atoms. The highest BCUT2D eigenvalue weighted by molar-refractivity contribution is 5.34. The van der Waals surface area contributed by atoms with Gasteiger partial charge in [0, 0.05) is 6.07 Å². The summed E-state index contributed by atoms with van der Waals surface area (Å²) in [5.41, 5.74) is 0.999. The van der Waals surface area contributed by atoms with Gasteiger partial charge in [-0.25, -0.2) is 4.39 Å². The van der Waals surface area contributed by atoms with Crippen LogP contribution >= 0.6 is 0 Å². The van der Waals surface area contributed by atoms with E-state index >= 15 is 0 Å². The second-order valence-corrected chi connectivity index (χ2v) is 3.80. The number of rotatable bonds is 5. The van der Waals surface area contributed by atoms with Crippen LogP contribution in [0.1, 0.15) is 12.5 Å². The van der Waals surface area contributed by atoms with Gasteiger partial charge in [0.1, 0.15) is 12.4 Å². The number of hydrogen-bond acceptors (Lipinski definition) is 2. The molecule has 0 heterocycles. The van der Waals surface area contributed by atoms with E-state index in [0.29, 0.717) is 19.0 Å². The van der Waals surface area contributed by atoms with E-state index in [0.717, 1.165) is 5.56 Å². The Morgan fingerprint density at radius 2 is 1.78 bits per heavy atom. The summed E-state index contributed by atoms with van der Waals surface area (Å²) in [5, 5.41) is 0. The monoisotopic (exact) mass is 246 g/mol. The van der Waals surface area contributed by atoms with Crippen molar-refractivity contribution in [1.29, 1.82) is 0 Å². The molecule has 0 bridgehead atoms. The first kappa shape index (κ1) is 12.4. The molecule has 0 N–H and O–H groups in total. The summed E-state index contributed by atoms with van der Waals surface area (Å²) < 4.78 is 24.3. The van der Waals surface area contributed by atoms with E-state index in [1.807, 2.05) is 37.3 Å². The van der Waals surface area contributed by atoms with Crippen LogP contribution in [0.4, 0.5) is 4.39 Å². The average Bonchev–Trinajstić information content (AvgIpc) is 2.41. The lowest BCUT2D eigenvalue weighted by atomic mass is 10.2. The van der Waals surface area contributed by atoms with Crippen LogP contribution in [0.25, 0.3) is 0 Å². The number of hydrogen-bond donors (Lipinski definition) is 0. The van der Waals surface area contributed by atoms with Crippen LogP contribution in [-0.2, 0) is 6.61 Å². The normalized spacial score (nSPS) is 10.1. The third kappa shape index (κ3) is 3.23. The molecule has 0 atom stereocenters. The standard InChI is InChI=1S/C15H15FO2/c1-2-17-13-8-9-14(16)15(10-13)18-11-12-6-4-3-5-7-12/h3-10H,2,11H2,1H3. The van der Waals surface area contributed by atoms with E-state index in [1.165, 1.54) is 6.07 Å². The first-order chi connectivity index (χ1) is 8.79. The van der Waals surface area contributed by atoms with Crippen LogP contribution in [0, 0.1) is 5.82 Å².